The number of likely N-dealkylation sites (tertiary alicyclic amines) is 1. The number of amides is 2. The first-order valence-electron chi connectivity index (χ1n) is 11.2. The van der Waals surface area contributed by atoms with E-state index in [1.165, 1.54) is 6.92 Å². The highest BCUT2D eigenvalue weighted by Crippen LogP contribution is 2.29. The summed E-state index contributed by atoms with van der Waals surface area (Å²) in [6.07, 6.45) is -3.91. The number of alkyl halides is 5. The molecule has 1 unspecified atom stereocenters. The molecule has 200 valence electrons. The Labute approximate surface area is 211 Å². The molecule has 0 aliphatic carbocycles. The number of likely N-dealkylation sites (N-methyl/N-ethyl adjacent to an activating group) is 1. The van der Waals surface area contributed by atoms with Gasteiger partial charge >= 0.3 is 12.3 Å². The third kappa shape index (κ3) is 10.1. The Morgan fingerprint density at radius 2 is 1.91 bits per heavy atom. The molecule has 0 bridgehead atoms. The number of ether oxygens (including phenoxy) is 1. The second kappa shape index (κ2) is 13.2. The number of aliphatic imine (C=N–C) groups is 2. The van der Waals surface area contributed by atoms with E-state index in [0.29, 0.717) is 12.1 Å². The van der Waals surface area contributed by atoms with Gasteiger partial charge in [-0.15, -0.1) is 0 Å². The van der Waals surface area contributed by atoms with E-state index in [0.717, 1.165) is 11.1 Å². The van der Waals surface area contributed by atoms with Crippen LogP contribution in [-0.2, 0) is 9.53 Å². The van der Waals surface area contributed by atoms with Crippen molar-refractivity contribution in [2.24, 2.45) is 9.98 Å². The Bertz CT molecular complexity index is 827. The lowest BCUT2D eigenvalue weighted by Gasteiger charge is -2.30. The molecule has 35 heavy (non-hydrogen) atoms. The maximum absolute atomic E-state index is 14.4. The molecule has 0 aromatic heterocycles. The van der Waals surface area contributed by atoms with Crippen LogP contribution in [0.1, 0.15) is 53.9 Å². The summed E-state index contributed by atoms with van der Waals surface area (Å²) in [4.78, 5) is 32.5. The van der Waals surface area contributed by atoms with Gasteiger partial charge in [0.25, 0.3) is 0 Å². The minimum Gasteiger partial charge on any atom is -0.444 e. The van der Waals surface area contributed by atoms with E-state index in [1.54, 1.807) is 40.8 Å². The normalized spacial score (nSPS) is 22.9. The lowest BCUT2D eigenvalue weighted by atomic mass is 10.1. The monoisotopic (exact) mass is 571 g/mol. The molecule has 1 saturated heterocycles. The zero-order valence-corrected chi connectivity index (χ0v) is 22.3. The van der Waals surface area contributed by atoms with Crippen molar-refractivity contribution in [1.82, 2.24) is 15.5 Å². The van der Waals surface area contributed by atoms with Crippen LogP contribution in [0.25, 0.3) is 0 Å². The van der Waals surface area contributed by atoms with Crippen LogP contribution >= 0.6 is 15.9 Å². The van der Waals surface area contributed by atoms with Crippen LogP contribution in [0, 0.1) is 0 Å². The summed E-state index contributed by atoms with van der Waals surface area (Å²) in [5.74, 6) is -1.81. The number of carbonyl (C=O) groups is 2. The molecule has 4 atom stereocenters. The third-order valence-corrected chi connectivity index (χ3v) is 5.48. The number of carbonyl (C=O) groups excluding carboxylic acids is 2. The molecular weight excluding hydrogens is 538 g/mol. The van der Waals surface area contributed by atoms with E-state index < -0.39 is 52.8 Å². The Kier molecular flexibility index (Phi) is 11.7. The number of nitrogens with one attached hydrogen (secondary N) is 2. The van der Waals surface area contributed by atoms with Gasteiger partial charge in [0.15, 0.2) is 0 Å². The lowest BCUT2D eigenvalue weighted by molar-refractivity contribution is -0.125. The molecule has 8 nitrogen and oxygen atoms in total. The number of amidine groups is 1. The largest absolute Gasteiger partial charge is 0.451 e. The summed E-state index contributed by atoms with van der Waals surface area (Å²) in [6.45, 7) is 8.18. The van der Waals surface area contributed by atoms with E-state index in [2.05, 4.69) is 36.5 Å². The summed E-state index contributed by atoms with van der Waals surface area (Å²) in [5, 5.41) is 5.49. The molecule has 0 aromatic rings. The van der Waals surface area contributed by atoms with Gasteiger partial charge < -0.3 is 15.4 Å². The van der Waals surface area contributed by atoms with Gasteiger partial charge in [0.2, 0.25) is 11.7 Å². The summed E-state index contributed by atoms with van der Waals surface area (Å²) in [6, 6.07) is -1.88. The van der Waals surface area contributed by atoms with Crippen LogP contribution in [-0.4, -0.2) is 77.5 Å². The van der Waals surface area contributed by atoms with E-state index in [1.807, 2.05) is 0 Å². The highest BCUT2D eigenvalue weighted by atomic mass is 79.9. The van der Waals surface area contributed by atoms with Gasteiger partial charge in [-0.3, -0.25) is 9.69 Å². The second-order valence-corrected chi connectivity index (χ2v) is 9.99. The molecule has 2 amide bonds. The molecule has 1 rings (SSSR count). The average molecular weight is 572 g/mol. The smallest absolute Gasteiger partial charge is 0.444 e. The number of hydrogen-bond donors (Lipinski definition) is 2. The molecule has 0 spiro atoms. The lowest BCUT2D eigenvalue weighted by Crippen LogP contribution is -2.50. The van der Waals surface area contributed by atoms with Crippen LogP contribution in [0.15, 0.2) is 21.8 Å². The molecule has 0 saturated carbocycles. The SMILES string of the molecule is CCC=NC(=NC(Br)C/C=C(/CNC(=O)[C@@H]1C[C@@H](F)[C@H](C)N1C(=O)OC(C)(C)C)NC)C(F)(F)F. The molecule has 0 radical (unpaired) electrons. The van der Waals surface area contributed by atoms with E-state index in [9.17, 15) is 27.2 Å². The van der Waals surface area contributed by atoms with Crippen LogP contribution in [0.4, 0.5) is 22.4 Å². The zero-order valence-electron chi connectivity index (χ0n) is 20.7. The summed E-state index contributed by atoms with van der Waals surface area (Å²) < 4.78 is 58.8. The number of rotatable bonds is 8. The fourth-order valence-electron chi connectivity index (χ4n) is 3.17. The van der Waals surface area contributed by atoms with Gasteiger partial charge in [0.05, 0.1) is 12.6 Å². The maximum Gasteiger partial charge on any atom is 0.451 e. The average Bonchev–Trinajstić information content (AvgIpc) is 3.03. The van der Waals surface area contributed by atoms with Gasteiger partial charge in [-0.1, -0.05) is 28.9 Å². The topological polar surface area (TPSA) is 95.4 Å². The first-order valence-corrected chi connectivity index (χ1v) is 12.1. The van der Waals surface area contributed by atoms with Crippen molar-refractivity contribution >= 4 is 40.0 Å². The van der Waals surface area contributed by atoms with Crippen molar-refractivity contribution < 1.29 is 31.9 Å². The molecule has 0 aromatic carbocycles. The van der Waals surface area contributed by atoms with Crippen LogP contribution in [0.5, 0.6) is 0 Å². The minimum absolute atomic E-state index is 0.0110. The Morgan fingerprint density at radius 1 is 1.29 bits per heavy atom. The summed E-state index contributed by atoms with van der Waals surface area (Å²) in [7, 11) is 1.58. The first kappa shape index (κ1) is 30.9. The Morgan fingerprint density at radius 3 is 2.43 bits per heavy atom. The summed E-state index contributed by atoms with van der Waals surface area (Å²) in [5.41, 5.74) is -0.313. The van der Waals surface area contributed by atoms with E-state index >= 15 is 0 Å². The van der Waals surface area contributed by atoms with Crippen LogP contribution in [0.3, 0.4) is 0 Å². The molecule has 1 aliphatic heterocycles. The molecule has 1 aliphatic rings. The third-order valence-electron chi connectivity index (χ3n) is 4.90. The molecule has 13 heteroatoms. The zero-order chi connectivity index (χ0) is 27.0. The summed E-state index contributed by atoms with van der Waals surface area (Å²) >= 11 is 3.09. The van der Waals surface area contributed by atoms with Crippen molar-refractivity contribution in [3.63, 3.8) is 0 Å². The number of nitrogens with zero attached hydrogens (tertiary/aromatic N) is 3. The van der Waals surface area contributed by atoms with Crippen molar-refractivity contribution in [1.29, 1.82) is 0 Å². The van der Waals surface area contributed by atoms with Crippen LogP contribution < -0.4 is 10.6 Å². The predicted octanol–water partition coefficient (Wildman–Crippen LogP) is 4.49. The van der Waals surface area contributed by atoms with Crippen molar-refractivity contribution in [3.05, 3.63) is 11.8 Å². The van der Waals surface area contributed by atoms with Crippen molar-refractivity contribution in [2.45, 2.75) is 88.9 Å². The van der Waals surface area contributed by atoms with Crippen molar-refractivity contribution in [3.8, 4) is 0 Å². The minimum atomic E-state index is -4.69. The number of halogens is 5. The molecule has 1 heterocycles. The maximum atomic E-state index is 14.4. The molecular formula is C22H34BrF4N5O3. The molecule has 1 fully saturated rings. The fraction of sp³-hybridized carbons (Fsp3) is 0.727. The van der Waals surface area contributed by atoms with Gasteiger partial charge in [-0.2, -0.15) is 13.2 Å². The van der Waals surface area contributed by atoms with Crippen LogP contribution in [0.2, 0.25) is 0 Å². The van der Waals surface area contributed by atoms with E-state index in [-0.39, 0.29) is 19.4 Å². The molecule has 2 N–H and O–H groups in total. The number of hydrogen-bond acceptors (Lipinski definition) is 5. The first-order chi connectivity index (χ1) is 16.1. The predicted molar refractivity (Wildman–Crippen MR) is 131 cm³/mol. The van der Waals surface area contributed by atoms with E-state index in [4.69, 9.17) is 4.74 Å². The standard InChI is InChI=1S/C22H34BrF4N5O3/c1-7-10-29-19(22(25,26)27)31-17(23)9-8-14(28-6)12-30-18(33)16-11-15(24)13(2)32(16)20(34)35-21(3,4)5/h8,10,13,15-17,28H,7,9,11-12H2,1-6H3,(H,30,33)/b14-8-,29-10?,31-19?/t13-,15+,16-,17?/m0/s1. The van der Waals surface area contributed by atoms with Gasteiger partial charge in [0, 0.05) is 25.4 Å². The Hall–Kier alpha value is -2.18. The highest BCUT2D eigenvalue weighted by molar-refractivity contribution is 9.09. The van der Waals surface area contributed by atoms with Gasteiger partial charge in [-0.05, 0) is 40.5 Å². The fourth-order valence-corrected chi connectivity index (χ4v) is 3.55. The second-order valence-electron chi connectivity index (χ2n) is 8.93. The van der Waals surface area contributed by atoms with Gasteiger partial charge in [-0.25, -0.2) is 19.2 Å². The quantitative estimate of drug-likeness (QED) is 0.147. The Balaban J connectivity index is 2.84. The van der Waals surface area contributed by atoms with Crippen molar-refractivity contribution in [2.75, 3.05) is 13.6 Å². The van der Waals surface area contributed by atoms with Gasteiger partial charge in [0.1, 0.15) is 22.8 Å². The highest BCUT2D eigenvalue weighted by Gasteiger charge is 2.46.